The van der Waals surface area contributed by atoms with Crippen LogP contribution in [0, 0.1) is 0 Å². The molecule has 1 aromatic carbocycles. The molecule has 9 nitrogen and oxygen atoms in total. The highest BCUT2D eigenvalue weighted by Crippen LogP contribution is 2.39. The molecule has 162 valence electrons. The van der Waals surface area contributed by atoms with E-state index in [1.807, 2.05) is 19.9 Å². The van der Waals surface area contributed by atoms with Crippen molar-refractivity contribution in [3.05, 3.63) is 48.0 Å². The maximum atomic E-state index is 12.8. The van der Waals surface area contributed by atoms with Gasteiger partial charge < -0.3 is 20.3 Å². The Balaban J connectivity index is 1.65. The summed E-state index contributed by atoms with van der Waals surface area (Å²) in [5, 5.41) is 24.1. The van der Waals surface area contributed by atoms with Crippen LogP contribution in [0.3, 0.4) is 0 Å². The van der Waals surface area contributed by atoms with Crippen molar-refractivity contribution >= 4 is 17.6 Å². The molecule has 1 unspecified atom stereocenters. The van der Waals surface area contributed by atoms with Gasteiger partial charge >= 0.3 is 6.03 Å². The van der Waals surface area contributed by atoms with Crippen LogP contribution < -0.4 is 10.6 Å². The van der Waals surface area contributed by atoms with Gasteiger partial charge in [0.15, 0.2) is 0 Å². The molecule has 4 rings (SSSR count). The van der Waals surface area contributed by atoms with Gasteiger partial charge in [-0.25, -0.2) is 4.79 Å². The van der Waals surface area contributed by atoms with Crippen LogP contribution in [0.1, 0.15) is 61.7 Å². The van der Waals surface area contributed by atoms with E-state index >= 15 is 0 Å². The number of amides is 2. The smallest absolute Gasteiger partial charge is 0.342 e. The number of aromatic nitrogens is 3. The lowest BCUT2D eigenvalue weighted by atomic mass is 9.82. The zero-order valence-electron chi connectivity index (χ0n) is 17.5. The summed E-state index contributed by atoms with van der Waals surface area (Å²) in [5.41, 5.74) is 2.18. The van der Waals surface area contributed by atoms with Gasteiger partial charge in [-0.3, -0.25) is 4.79 Å². The zero-order valence-corrected chi connectivity index (χ0v) is 17.5. The highest BCUT2D eigenvalue weighted by molar-refractivity contribution is 6.02. The Morgan fingerprint density at radius 1 is 1.29 bits per heavy atom. The van der Waals surface area contributed by atoms with Crippen LogP contribution in [0.5, 0.6) is 5.75 Å². The van der Waals surface area contributed by atoms with Crippen LogP contribution in [-0.2, 0) is 0 Å². The minimum absolute atomic E-state index is 0.00445. The van der Waals surface area contributed by atoms with E-state index in [-0.39, 0.29) is 29.5 Å². The second kappa shape index (κ2) is 8.63. The van der Waals surface area contributed by atoms with Crippen LogP contribution in [0.15, 0.2) is 41.1 Å². The van der Waals surface area contributed by atoms with Gasteiger partial charge in [0.2, 0.25) is 5.76 Å². The van der Waals surface area contributed by atoms with Crippen LogP contribution in [0.2, 0.25) is 0 Å². The fraction of sp³-hybridized carbons (Fsp3) is 0.364. The Kier molecular flexibility index (Phi) is 5.75. The minimum atomic E-state index is -0.456. The van der Waals surface area contributed by atoms with E-state index in [0.717, 1.165) is 31.4 Å². The third-order valence-corrected chi connectivity index (χ3v) is 5.63. The van der Waals surface area contributed by atoms with Crippen molar-refractivity contribution in [2.75, 3.05) is 5.32 Å². The number of rotatable bonds is 6. The molecular weight excluding hydrogens is 398 g/mol. The highest BCUT2D eigenvalue weighted by atomic mass is 16.5. The Labute approximate surface area is 179 Å². The summed E-state index contributed by atoms with van der Waals surface area (Å²) >= 11 is 0. The van der Waals surface area contributed by atoms with Crippen molar-refractivity contribution < 1.29 is 19.2 Å². The Morgan fingerprint density at radius 3 is 2.74 bits per heavy atom. The molecule has 3 aromatic rings. The zero-order chi connectivity index (χ0) is 22.0. The number of anilines is 1. The molecule has 0 radical (unpaired) electrons. The first-order chi connectivity index (χ1) is 15.0. The van der Waals surface area contributed by atoms with Crippen LogP contribution in [0.4, 0.5) is 10.5 Å². The monoisotopic (exact) mass is 423 g/mol. The van der Waals surface area contributed by atoms with Gasteiger partial charge in [-0.2, -0.15) is 9.78 Å². The Bertz CT molecular complexity index is 1090. The molecule has 1 saturated carbocycles. The fourth-order valence-corrected chi connectivity index (χ4v) is 3.40. The van der Waals surface area contributed by atoms with Crippen molar-refractivity contribution in [3.8, 4) is 17.0 Å². The Morgan fingerprint density at radius 2 is 2.10 bits per heavy atom. The summed E-state index contributed by atoms with van der Waals surface area (Å²) in [6.45, 7) is 3.95. The quantitative estimate of drug-likeness (QED) is 0.513. The van der Waals surface area contributed by atoms with E-state index in [9.17, 15) is 14.7 Å². The predicted molar refractivity (Wildman–Crippen MR) is 114 cm³/mol. The third-order valence-electron chi connectivity index (χ3n) is 5.63. The molecule has 0 aliphatic heterocycles. The molecular formula is C22H25N5O4. The summed E-state index contributed by atoms with van der Waals surface area (Å²) in [6, 6.07) is 7.72. The summed E-state index contributed by atoms with van der Waals surface area (Å²) in [5.74, 6) is -0.110. The standard InChI is InChI=1S/C22H25N5O4/c1-3-13(2)24-22(30)27-18(14-5-4-6-14)12-17(26-27)16-11-15(7-8-19(16)28)25-21(29)20-9-10-23-31-20/h7-14,28H,3-6H2,1-2H3,(H,24,30)(H,25,29). The van der Waals surface area contributed by atoms with Crippen LogP contribution >= 0.6 is 0 Å². The normalized spacial score (nSPS) is 14.6. The largest absolute Gasteiger partial charge is 0.507 e. The third kappa shape index (κ3) is 4.30. The lowest BCUT2D eigenvalue weighted by Gasteiger charge is -2.25. The van der Waals surface area contributed by atoms with Crippen molar-refractivity contribution in [1.82, 2.24) is 20.3 Å². The predicted octanol–water partition coefficient (Wildman–Crippen LogP) is 4.12. The maximum absolute atomic E-state index is 12.8. The molecule has 0 saturated heterocycles. The average Bonchev–Trinajstić information content (AvgIpc) is 3.38. The number of nitrogens with zero attached hydrogens (tertiary/aromatic N) is 3. The van der Waals surface area contributed by atoms with Crippen LogP contribution in [0.25, 0.3) is 11.3 Å². The lowest BCUT2D eigenvalue weighted by Crippen LogP contribution is -2.37. The minimum Gasteiger partial charge on any atom is -0.507 e. The van der Waals surface area contributed by atoms with E-state index in [1.54, 1.807) is 12.1 Å². The molecule has 0 spiro atoms. The summed E-state index contributed by atoms with van der Waals surface area (Å²) in [6.07, 6.45) is 5.32. The first-order valence-electron chi connectivity index (χ1n) is 10.4. The van der Waals surface area contributed by atoms with Gasteiger partial charge in [0.1, 0.15) is 5.75 Å². The van der Waals surface area contributed by atoms with E-state index in [4.69, 9.17) is 4.52 Å². The number of hydrogen-bond donors (Lipinski definition) is 3. The van der Waals surface area contributed by atoms with Gasteiger partial charge in [0.05, 0.1) is 17.6 Å². The lowest BCUT2D eigenvalue weighted by molar-refractivity contribution is 0.0988. The number of benzene rings is 1. The Hall–Kier alpha value is -3.62. The number of phenolic OH excluding ortho intramolecular Hbond substituents is 1. The SMILES string of the molecule is CCC(C)NC(=O)n1nc(-c2cc(NC(=O)c3ccno3)ccc2O)cc1C1CCC1. The van der Waals surface area contributed by atoms with E-state index in [1.165, 1.54) is 23.0 Å². The maximum Gasteiger partial charge on any atom is 0.342 e. The molecule has 2 amide bonds. The van der Waals surface area contributed by atoms with Gasteiger partial charge in [0, 0.05) is 29.3 Å². The molecule has 1 atom stereocenters. The van der Waals surface area contributed by atoms with Crippen molar-refractivity contribution in [3.63, 3.8) is 0 Å². The second-order valence-electron chi connectivity index (χ2n) is 7.82. The molecule has 31 heavy (non-hydrogen) atoms. The van der Waals surface area contributed by atoms with Crippen molar-refractivity contribution in [2.45, 2.75) is 51.5 Å². The van der Waals surface area contributed by atoms with Gasteiger partial charge in [-0.1, -0.05) is 18.5 Å². The van der Waals surface area contributed by atoms with E-state index in [0.29, 0.717) is 16.9 Å². The van der Waals surface area contributed by atoms with Gasteiger partial charge in [-0.05, 0) is 50.5 Å². The molecule has 1 aliphatic rings. The van der Waals surface area contributed by atoms with Crippen LogP contribution in [-0.4, -0.2) is 38.0 Å². The number of phenols is 1. The van der Waals surface area contributed by atoms with Crippen molar-refractivity contribution in [2.24, 2.45) is 0 Å². The fourth-order valence-electron chi connectivity index (χ4n) is 3.40. The molecule has 1 aliphatic carbocycles. The number of hydrogen-bond acceptors (Lipinski definition) is 6. The summed E-state index contributed by atoms with van der Waals surface area (Å²) in [4.78, 5) is 25.0. The summed E-state index contributed by atoms with van der Waals surface area (Å²) in [7, 11) is 0. The molecule has 3 N–H and O–H groups in total. The topological polar surface area (TPSA) is 122 Å². The highest BCUT2D eigenvalue weighted by Gasteiger charge is 2.28. The number of nitrogens with one attached hydrogen (secondary N) is 2. The first-order valence-corrected chi connectivity index (χ1v) is 10.4. The molecule has 0 bridgehead atoms. The average molecular weight is 423 g/mol. The first kappa shape index (κ1) is 20.6. The number of aromatic hydroxyl groups is 1. The summed E-state index contributed by atoms with van der Waals surface area (Å²) < 4.78 is 6.27. The second-order valence-corrected chi connectivity index (χ2v) is 7.82. The molecule has 2 heterocycles. The van der Waals surface area contributed by atoms with Gasteiger partial charge in [0.25, 0.3) is 5.91 Å². The van der Waals surface area contributed by atoms with E-state index < -0.39 is 5.91 Å². The van der Waals surface area contributed by atoms with Crippen molar-refractivity contribution in [1.29, 1.82) is 0 Å². The molecule has 9 heteroatoms. The molecule has 1 fully saturated rings. The molecule has 2 aromatic heterocycles. The van der Waals surface area contributed by atoms with E-state index in [2.05, 4.69) is 20.9 Å². The number of carbonyl (C=O) groups excluding carboxylic acids is 2. The number of carbonyl (C=O) groups is 2. The van der Waals surface area contributed by atoms with Gasteiger partial charge in [-0.15, -0.1) is 0 Å².